The Morgan fingerprint density at radius 2 is 2.24 bits per heavy atom. The highest BCUT2D eigenvalue weighted by Gasteiger charge is 2.07. The number of nitrogens with zero attached hydrogens (tertiary/aromatic N) is 1. The van der Waals surface area contributed by atoms with Gasteiger partial charge in [0.15, 0.2) is 0 Å². The molecule has 0 aliphatic heterocycles. The minimum Gasteiger partial charge on any atom is -0.481 e. The van der Waals surface area contributed by atoms with Crippen LogP contribution >= 0.6 is 0 Å². The van der Waals surface area contributed by atoms with Gasteiger partial charge in [0.1, 0.15) is 11.5 Å². The molecule has 0 bridgehead atoms. The second-order valence-corrected chi connectivity index (χ2v) is 3.68. The van der Waals surface area contributed by atoms with Gasteiger partial charge in [-0.25, -0.2) is 4.98 Å². The average Bonchev–Trinajstić information content (AvgIpc) is 2.82. The molecule has 88 valence electrons. The highest BCUT2D eigenvalue weighted by Crippen LogP contribution is 2.09. The van der Waals surface area contributed by atoms with Crippen LogP contribution in [0.5, 0.6) is 5.88 Å². The Morgan fingerprint density at radius 3 is 2.82 bits per heavy atom. The molecule has 2 rings (SSSR count). The summed E-state index contributed by atoms with van der Waals surface area (Å²) in [6.07, 6.45) is 3.90. The number of aromatic nitrogens is 1. The van der Waals surface area contributed by atoms with Crippen molar-refractivity contribution in [1.29, 1.82) is 0 Å². The van der Waals surface area contributed by atoms with Crippen LogP contribution < -0.4 is 4.74 Å². The number of Topliss-reactive ketones (excluding diaryl/α,β-unsaturated/α-hetero) is 1. The number of pyridine rings is 1. The lowest BCUT2D eigenvalue weighted by atomic mass is 10.1. The molecule has 2 heterocycles. The molecule has 4 nitrogen and oxygen atoms in total. The number of hydrogen-bond donors (Lipinski definition) is 0. The monoisotopic (exact) mass is 231 g/mol. The number of ether oxygens (including phenoxy) is 1. The predicted octanol–water partition coefficient (Wildman–Crippen LogP) is 2.04. The molecule has 0 spiro atoms. The number of hydrogen-bond acceptors (Lipinski definition) is 4. The third kappa shape index (κ3) is 3.17. The molecular weight excluding hydrogens is 218 g/mol. The van der Waals surface area contributed by atoms with Crippen molar-refractivity contribution in [3.05, 3.63) is 48.0 Å². The molecule has 0 aliphatic rings. The van der Waals surface area contributed by atoms with E-state index in [2.05, 4.69) is 4.98 Å². The second-order valence-electron chi connectivity index (χ2n) is 3.68. The molecule has 2 aromatic heterocycles. The van der Waals surface area contributed by atoms with Gasteiger partial charge in [0.2, 0.25) is 5.88 Å². The van der Waals surface area contributed by atoms with Crippen molar-refractivity contribution in [3.63, 3.8) is 0 Å². The Kier molecular flexibility index (Phi) is 3.55. The Morgan fingerprint density at radius 1 is 1.35 bits per heavy atom. The summed E-state index contributed by atoms with van der Waals surface area (Å²) < 4.78 is 10.1. The summed E-state index contributed by atoms with van der Waals surface area (Å²) in [6, 6.07) is 7.16. The van der Waals surface area contributed by atoms with E-state index >= 15 is 0 Å². The lowest BCUT2D eigenvalue weighted by Gasteiger charge is -2.01. The Bertz CT molecular complexity index is 474. The zero-order valence-corrected chi connectivity index (χ0v) is 9.55. The van der Waals surface area contributed by atoms with Gasteiger partial charge in [-0.2, -0.15) is 0 Å². The lowest BCUT2D eigenvalue weighted by Crippen LogP contribution is -2.06. The van der Waals surface area contributed by atoms with Crippen molar-refractivity contribution in [2.45, 2.75) is 12.8 Å². The van der Waals surface area contributed by atoms with Crippen LogP contribution in [0.25, 0.3) is 0 Å². The highest BCUT2D eigenvalue weighted by molar-refractivity contribution is 5.82. The predicted molar refractivity (Wildman–Crippen MR) is 61.9 cm³/mol. The fourth-order valence-corrected chi connectivity index (χ4v) is 1.53. The summed E-state index contributed by atoms with van der Waals surface area (Å²) >= 11 is 0. The van der Waals surface area contributed by atoms with E-state index in [1.54, 1.807) is 37.8 Å². The van der Waals surface area contributed by atoms with Crippen molar-refractivity contribution >= 4 is 5.78 Å². The van der Waals surface area contributed by atoms with Crippen LogP contribution in [0.1, 0.15) is 11.3 Å². The molecule has 0 aliphatic carbocycles. The lowest BCUT2D eigenvalue weighted by molar-refractivity contribution is -0.118. The van der Waals surface area contributed by atoms with Gasteiger partial charge < -0.3 is 9.15 Å². The first-order valence-electron chi connectivity index (χ1n) is 5.31. The van der Waals surface area contributed by atoms with Gasteiger partial charge in [-0.05, 0) is 17.7 Å². The highest BCUT2D eigenvalue weighted by atomic mass is 16.5. The summed E-state index contributed by atoms with van der Waals surface area (Å²) in [4.78, 5) is 15.8. The molecule has 2 aromatic rings. The fourth-order valence-electron chi connectivity index (χ4n) is 1.53. The maximum absolute atomic E-state index is 11.7. The maximum Gasteiger partial charge on any atom is 0.212 e. The molecule has 0 amide bonds. The minimum atomic E-state index is 0.104. The van der Waals surface area contributed by atoms with E-state index < -0.39 is 0 Å². The number of furan rings is 1. The van der Waals surface area contributed by atoms with Crippen molar-refractivity contribution in [1.82, 2.24) is 4.98 Å². The standard InChI is InChI=1S/C13H13NO3/c1-16-13-5-4-10(9-14-13)7-11(15)8-12-3-2-6-17-12/h2-6,9H,7-8H2,1H3. The third-order valence-electron chi connectivity index (χ3n) is 2.36. The van der Waals surface area contributed by atoms with E-state index in [1.165, 1.54) is 0 Å². The summed E-state index contributed by atoms with van der Waals surface area (Å²) in [5, 5.41) is 0. The van der Waals surface area contributed by atoms with Crippen LogP contribution in [0.3, 0.4) is 0 Å². The second kappa shape index (κ2) is 5.30. The molecule has 0 aromatic carbocycles. The quantitative estimate of drug-likeness (QED) is 0.790. The minimum absolute atomic E-state index is 0.104. The van der Waals surface area contributed by atoms with Crippen LogP contribution in [-0.2, 0) is 17.6 Å². The number of ketones is 1. The molecule has 0 radical (unpaired) electrons. The molecule has 0 atom stereocenters. The van der Waals surface area contributed by atoms with Crippen LogP contribution in [0, 0.1) is 0 Å². The Hall–Kier alpha value is -2.10. The molecule has 0 saturated carbocycles. The summed E-state index contributed by atoms with van der Waals surface area (Å²) in [5.74, 6) is 1.34. The number of carbonyl (C=O) groups excluding carboxylic acids is 1. The molecule has 0 N–H and O–H groups in total. The van der Waals surface area contributed by atoms with E-state index in [9.17, 15) is 4.79 Å². The van der Waals surface area contributed by atoms with Crippen molar-refractivity contribution in [2.75, 3.05) is 7.11 Å². The largest absolute Gasteiger partial charge is 0.481 e. The van der Waals surface area contributed by atoms with Crippen LogP contribution in [0.2, 0.25) is 0 Å². The molecule has 0 unspecified atom stereocenters. The zero-order valence-electron chi connectivity index (χ0n) is 9.55. The third-order valence-corrected chi connectivity index (χ3v) is 2.36. The summed E-state index contributed by atoms with van der Waals surface area (Å²) in [5.41, 5.74) is 0.877. The van der Waals surface area contributed by atoms with Crippen LogP contribution in [0.15, 0.2) is 41.1 Å². The van der Waals surface area contributed by atoms with Gasteiger partial charge in [-0.15, -0.1) is 0 Å². The number of methoxy groups -OCH3 is 1. The Labute approximate surface area is 99.2 Å². The molecule has 0 fully saturated rings. The van der Waals surface area contributed by atoms with Crippen molar-refractivity contribution in [2.24, 2.45) is 0 Å². The first-order valence-corrected chi connectivity index (χ1v) is 5.31. The first kappa shape index (κ1) is 11.4. The van der Waals surface area contributed by atoms with Gasteiger partial charge in [-0.1, -0.05) is 6.07 Å². The zero-order chi connectivity index (χ0) is 12.1. The van der Waals surface area contributed by atoms with Crippen molar-refractivity contribution in [3.8, 4) is 5.88 Å². The van der Waals surface area contributed by atoms with Crippen molar-refractivity contribution < 1.29 is 13.9 Å². The van der Waals surface area contributed by atoms with Gasteiger partial charge >= 0.3 is 0 Å². The number of rotatable bonds is 5. The maximum atomic E-state index is 11.7. The number of carbonyl (C=O) groups is 1. The van der Waals surface area contributed by atoms with Gasteiger partial charge in [0.05, 0.1) is 19.8 Å². The van der Waals surface area contributed by atoms with Crippen LogP contribution in [-0.4, -0.2) is 17.9 Å². The molecular formula is C13H13NO3. The normalized spacial score (nSPS) is 10.2. The SMILES string of the molecule is COc1ccc(CC(=O)Cc2ccco2)cn1. The van der Waals surface area contributed by atoms with Gasteiger partial charge in [-0.3, -0.25) is 4.79 Å². The first-order chi connectivity index (χ1) is 8.28. The van der Waals surface area contributed by atoms with Gasteiger partial charge in [0.25, 0.3) is 0 Å². The fraction of sp³-hybridized carbons (Fsp3) is 0.231. The average molecular weight is 231 g/mol. The molecule has 4 heteroatoms. The van der Waals surface area contributed by atoms with E-state index in [4.69, 9.17) is 9.15 Å². The van der Waals surface area contributed by atoms with E-state index in [0.29, 0.717) is 24.5 Å². The summed E-state index contributed by atoms with van der Waals surface area (Å²) in [6.45, 7) is 0. The molecule has 0 saturated heterocycles. The van der Waals surface area contributed by atoms with E-state index in [-0.39, 0.29) is 5.78 Å². The van der Waals surface area contributed by atoms with Crippen LogP contribution in [0.4, 0.5) is 0 Å². The smallest absolute Gasteiger partial charge is 0.212 e. The van der Waals surface area contributed by atoms with E-state index in [1.807, 2.05) is 6.07 Å². The molecule has 17 heavy (non-hydrogen) atoms. The topological polar surface area (TPSA) is 52.3 Å². The van der Waals surface area contributed by atoms with Gasteiger partial charge in [0, 0.05) is 18.7 Å². The summed E-state index contributed by atoms with van der Waals surface area (Å²) in [7, 11) is 1.56. The Balaban J connectivity index is 1.93. The van der Waals surface area contributed by atoms with E-state index in [0.717, 1.165) is 5.56 Å².